The van der Waals surface area contributed by atoms with Crippen LogP contribution in [0.15, 0.2) is 0 Å². The van der Waals surface area contributed by atoms with Crippen molar-refractivity contribution in [2.45, 2.75) is 25.3 Å². The normalized spacial score (nSPS) is 37.1. The number of rotatable bonds is 1. The van der Waals surface area contributed by atoms with Crippen LogP contribution in [-0.4, -0.2) is 36.2 Å². The first kappa shape index (κ1) is 9.45. The summed E-state index contributed by atoms with van der Waals surface area (Å²) in [4.78, 5) is 22.3. The molecule has 0 aromatic rings. The van der Waals surface area contributed by atoms with Crippen molar-refractivity contribution >= 4 is 11.9 Å². The molecule has 2 unspecified atom stereocenters. The summed E-state index contributed by atoms with van der Waals surface area (Å²) < 4.78 is 5.21. The number of hydrogen-bond donors (Lipinski definition) is 2. The molecule has 1 amide bonds. The van der Waals surface area contributed by atoms with Crippen molar-refractivity contribution in [3.63, 3.8) is 0 Å². The van der Waals surface area contributed by atoms with Crippen molar-refractivity contribution in [2.24, 2.45) is 5.41 Å². The molecule has 0 radical (unpaired) electrons. The van der Waals surface area contributed by atoms with Gasteiger partial charge >= 0.3 is 5.97 Å². The third-order valence-corrected chi connectivity index (χ3v) is 3.14. The number of carbonyl (C=O) groups excluding carboxylic acids is 1. The molecule has 0 saturated carbocycles. The number of carbonyl (C=O) groups is 2. The molecule has 2 aliphatic rings. The number of hydrogen-bond acceptors (Lipinski definition) is 3. The number of amides is 1. The molecule has 0 spiro atoms. The summed E-state index contributed by atoms with van der Waals surface area (Å²) in [5.74, 6) is -0.907. The molecule has 5 nitrogen and oxygen atoms in total. The third-order valence-electron chi connectivity index (χ3n) is 3.14. The van der Waals surface area contributed by atoms with Gasteiger partial charge in [-0.15, -0.1) is 0 Å². The zero-order valence-corrected chi connectivity index (χ0v) is 7.78. The minimum absolute atomic E-state index is 0.0474. The Bertz CT molecular complexity index is 278. The Kier molecular flexibility index (Phi) is 2.19. The molecule has 14 heavy (non-hydrogen) atoms. The van der Waals surface area contributed by atoms with Gasteiger partial charge in [0.25, 0.3) is 0 Å². The van der Waals surface area contributed by atoms with Crippen LogP contribution in [0.3, 0.4) is 0 Å². The fourth-order valence-electron chi connectivity index (χ4n) is 2.21. The van der Waals surface area contributed by atoms with Crippen molar-refractivity contribution in [1.29, 1.82) is 0 Å². The topological polar surface area (TPSA) is 75.6 Å². The monoisotopic (exact) mass is 199 g/mol. The summed E-state index contributed by atoms with van der Waals surface area (Å²) in [7, 11) is 0. The van der Waals surface area contributed by atoms with Crippen molar-refractivity contribution in [3.05, 3.63) is 0 Å². The number of ether oxygens (including phenoxy) is 1. The third kappa shape index (κ3) is 1.28. The molecule has 2 rings (SSSR count). The van der Waals surface area contributed by atoms with Crippen LogP contribution in [0.4, 0.5) is 0 Å². The zero-order chi connectivity index (χ0) is 10.2. The minimum atomic E-state index is -0.883. The molecular weight excluding hydrogens is 186 g/mol. The van der Waals surface area contributed by atoms with Gasteiger partial charge in [0.1, 0.15) is 5.41 Å². The highest BCUT2D eigenvalue weighted by Gasteiger charge is 2.51. The van der Waals surface area contributed by atoms with E-state index >= 15 is 0 Å². The maximum absolute atomic E-state index is 11.2. The molecule has 2 saturated heterocycles. The van der Waals surface area contributed by atoms with Crippen LogP contribution in [0.1, 0.15) is 19.3 Å². The van der Waals surface area contributed by atoms with Crippen molar-refractivity contribution in [1.82, 2.24) is 5.32 Å². The number of carboxylic acids is 1. The van der Waals surface area contributed by atoms with Gasteiger partial charge in [-0.3, -0.25) is 9.59 Å². The molecule has 2 aliphatic heterocycles. The zero-order valence-electron chi connectivity index (χ0n) is 7.78. The Morgan fingerprint density at radius 2 is 2.43 bits per heavy atom. The van der Waals surface area contributed by atoms with Crippen LogP contribution in [0.5, 0.6) is 0 Å². The molecule has 0 aromatic carbocycles. The first-order valence-electron chi connectivity index (χ1n) is 4.76. The van der Waals surface area contributed by atoms with E-state index in [4.69, 9.17) is 4.74 Å². The Morgan fingerprint density at radius 1 is 1.64 bits per heavy atom. The average molecular weight is 199 g/mol. The summed E-state index contributed by atoms with van der Waals surface area (Å²) in [6.07, 6.45) is 1.27. The van der Waals surface area contributed by atoms with Crippen LogP contribution in [-0.2, 0) is 14.3 Å². The lowest BCUT2D eigenvalue weighted by molar-refractivity contribution is -0.165. The van der Waals surface area contributed by atoms with E-state index in [0.29, 0.717) is 19.4 Å². The van der Waals surface area contributed by atoms with E-state index in [-0.39, 0.29) is 25.0 Å². The molecule has 2 fully saturated rings. The van der Waals surface area contributed by atoms with E-state index in [1.807, 2.05) is 0 Å². The Labute approximate surface area is 81.4 Å². The Morgan fingerprint density at radius 3 is 3.14 bits per heavy atom. The number of aliphatic carboxylic acids is 1. The first-order chi connectivity index (χ1) is 6.65. The van der Waals surface area contributed by atoms with Gasteiger partial charge in [-0.1, -0.05) is 0 Å². The second-order valence-electron chi connectivity index (χ2n) is 3.92. The van der Waals surface area contributed by atoms with Crippen LogP contribution in [0.2, 0.25) is 0 Å². The maximum atomic E-state index is 11.2. The van der Waals surface area contributed by atoms with Crippen molar-refractivity contribution in [3.8, 4) is 0 Å². The predicted molar refractivity (Wildman–Crippen MR) is 46.7 cm³/mol. The molecule has 2 N–H and O–H groups in total. The van der Waals surface area contributed by atoms with Crippen molar-refractivity contribution < 1.29 is 19.4 Å². The molecule has 2 atom stereocenters. The average Bonchev–Trinajstić information content (AvgIpc) is 2.17. The number of fused-ring (bicyclic) bond motifs is 1. The number of carboxylic acid groups (broad SMARTS) is 1. The lowest BCUT2D eigenvalue weighted by Crippen LogP contribution is -2.60. The van der Waals surface area contributed by atoms with Gasteiger partial charge in [0, 0.05) is 19.1 Å². The highest BCUT2D eigenvalue weighted by atomic mass is 16.5. The Balaban J connectivity index is 2.24. The second-order valence-corrected chi connectivity index (χ2v) is 3.92. The first-order valence-corrected chi connectivity index (χ1v) is 4.76. The highest BCUT2D eigenvalue weighted by molar-refractivity contribution is 5.83. The van der Waals surface area contributed by atoms with Gasteiger partial charge in [-0.05, 0) is 12.8 Å². The van der Waals surface area contributed by atoms with E-state index in [2.05, 4.69) is 5.32 Å². The van der Waals surface area contributed by atoms with E-state index in [0.717, 1.165) is 0 Å². The summed E-state index contributed by atoms with van der Waals surface area (Å²) in [6.45, 7) is 0.743. The molecule has 0 aromatic heterocycles. The quantitative estimate of drug-likeness (QED) is 0.611. The number of piperidine rings is 1. The standard InChI is InChI=1S/C9H13NO4/c11-7-1-3-9(8(12)13)5-14-4-2-6(9)10-7/h6H,1-5H2,(H,10,11)(H,12,13). The molecule has 0 aliphatic carbocycles. The van der Waals surface area contributed by atoms with Gasteiger partial charge in [-0.2, -0.15) is 0 Å². The fraction of sp³-hybridized carbons (Fsp3) is 0.778. The second kappa shape index (κ2) is 3.24. The van der Waals surface area contributed by atoms with Gasteiger partial charge in [0.05, 0.1) is 6.61 Å². The largest absolute Gasteiger partial charge is 0.481 e. The van der Waals surface area contributed by atoms with Gasteiger partial charge in [0.2, 0.25) is 5.91 Å². The lowest BCUT2D eigenvalue weighted by atomic mass is 9.72. The fourth-order valence-corrected chi connectivity index (χ4v) is 2.21. The van der Waals surface area contributed by atoms with E-state index in [1.54, 1.807) is 0 Å². The molecule has 78 valence electrons. The van der Waals surface area contributed by atoms with Gasteiger partial charge in [-0.25, -0.2) is 0 Å². The van der Waals surface area contributed by atoms with Crippen LogP contribution in [0, 0.1) is 5.41 Å². The van der Waals surface area contributed by atoms with E-state index < -0.39 is 11.4 Å². The van der Waals surface area contributed by atoms with Crippen molar-refractivity contribution in [2.75, 3.05) is 13.2 Å². The predicted octanol–water partition coefficient (Wildman–Crippen LogP) is -0.244. The minimum Gasteiger partial charge on any atom is -0.481 e. The Hall–Kier alpha value is -1.10. The molecule has 5 heteroatoms. The maximum Gasteiger partial charge on any atom is 0.314 e. The SMILES string of the molecule is O=C1CCC2(C(=O)O)COCCC2N1. The summed E-state index contributed by atoms with van der Waals surface area (Å²) >= 11 is 0. The van der Waals surface area contributed by atoms with Crippen LogP contribution >= 0.6 is 0 Å². The van der Waals surface area contributed by atoms with Crippen LogP contribution in [0.25, 0.3) is 0 Å². The van der Waals surface area contributed by atoms with Gasteiger partial charge < -0.3 is 15.2 Å². The van der Waals surface area contributed by atoms with E-state index in [9.17, 15) is 14.7 Å². The summed E-state index contributed by atoms with van der Waals surface area (Å²) in [5.41, 5.74) is -0.883. The molecule has 2 heterocycles. The molecule has 0 bridgehead atoms. The number of nitrogens with one attached hydrogen (secondary N) is 1. The van der Waals surface area contributed by atoms with E-state index in [1.165, 1.54) is 0 Å². The summed E-state index contributed by atoms with van der Waals surface area (Å²) in [5, 5.41) is 11.9. The molecular formula is C9H13NO4. The lowest BCUT2D eigenvalue weighted by Gasteiger charge is -2.43. The smallest absolute Gasteiger partial charge is 0.314 e. The van der Waals surface area contributed by atoms with Crippen LogP contribution < -0.4 is 5.32 Å². The highest BCUT2D eigenvalue weighted by Crippen LogP contribution is 2.36. The summed E-state index contributed by atoms with van der Waals surface area (Å²) in [6, 6.07) is -0.255. The van der Waals surface area contributed by atoms with Gasteiger partial charge in [0.15, 0.2) is 0 Å².